The molecule has 2 aromatic carbocycles. The van der Waals surface area contributed by atoms with Gasteiger partial charge in [0.05, 0.1) is 12.5 Å². The van der Waals surface area contributed by atoms with Crippen molar-refractivity contribution in [3.8, 4) is 11.1 Å². The number of thiophene rings is 1. The molecule has 0 radical (unpaired) electrons. The molecule has 1 amide bonds. The second-order valence-electron chi connectivity index (χ2n) is 7.91. The van der Waals surface area contributed by atoms with Crippen molar-refractivity contribution in [3.05, 3.63) is 82.6 Å². The summed E-state index contributed by atoms with van der Waals surface area (Å²) in [4.78, 5) is 18.8. The minimum atomic E-state index is 0.0816. The first-order valence-corrected chi connectivity index (χ1v) is 11.4. The first-order chi connectivity index (χ1) is 14.7. The summed E-state index contributed by atoms with van der Waals surface area (Å²) in [5.41, 5.74) is 3.41. The Morgan fingerprint density at radius 1 is 0.933 bits per heavy atom. The third-order valence-corrected chi connectivity index (χ3v) is 6.74. The van der Waals surface area contributed by atoms with Crippen molar-refractivity contribution in [2.24, 2.45) is 0 Å². The van der Waals surface area contributed by atoms with Crippen molar-refractivity contribution in [2.45, 2.75) is 12.5 Å². The predicted octanol–water partition coefficient (Wildman–Crippen LogP) is 4.06. The van der Waals surface area contributed by atoms with Crippen molar-refractivity contribution in [1.82, 2.24) is 15.1 Å². The molecule has 156 valence electrons. The highest BCUT2D eigenvalue weighted by Crippen LogP contribution is 2.25. The Morgan fingerprint density at radius 3 is 2.30 bits per heavy atom. The number of carbonyl (C=O) groups is 1. The maximum Gasteiger partial charge on any atom is 0.224 e. The predicted molar refractivity (Wildman–Crippen MR) is 125 cm³/mol. The fourth-order valence-corrected chi connectivity index (χ4v) is 4.79. The highest BCUT2D eigenvalue weighted by molar-refractivity contribution is 7.10. The minimum Gasteiger partial charge on any atom is -0.354 e. The van der Waals surface area contributed by atoms with E-state index in [1.54, 1.807) is 11.3 Å². The SMILES string of the molecule is CN1CCN([C@H](CNC(=O)Cc2ccc(-c3ccccc3)cc2)c2cccs2)CC1. The number of hydrogen-bond donors (Lipinski definition) is 1. The van der Waals surface area contributed by atoms with Crippen LogP contribution in [-0.2, 0) is 11.2 Å². The normalized spacial score (nSPS) is 16.3. The summed E-state index contributed by atoms with van der Waals surface area (Å²) < 4.78 is 0. The Labute approximate surface area is 183 Å². The molecule has 30 heavy (non-hydrogen) atoms. The molecule has 4 nitrogen and oxygen atoms in total. The van der Waals surface area contributed by atoms with Gasteiger partial charge in [-0.1, -0.05) is 60.7 Å². The van der Waals surface area contributed by atoms with Gasteiger partial charge in [-0.2, -0.15) is 0 Å². The molecular weight excluding hydrogens is 390 g/mol. The number of nitrogens with one attached hydrogen (secondary N) is 1. The molecule has 1 aliphatic rings. The molecule has 0 spiro atoms. The lowest BCUT2D eigenvalue weighted by atomic mass is 10.0. The molecule has 5 heteroatoms. The zero-order chi connectivity index (χ0) is 20.8. The Morgan fingerprint density at radius 2 is 1.63 bits per heavy atom. The maximum atomic E-state index is 12.6. The van der Waals surface area contributed by atoms with Crippen molar-refractivity contribution in [3.63, 3.8) is 0 Å². The van der Waals surface area contributed by atoms with Gasteiger partial charge in [-0.05, 0) is 35.2 Å². The van der Waals surface area contributed by atoms with Crippen LogP contribution in [0, 0.1) is 0 Å². The number of hydrogen-bond acceptors (Lipinski definition) is 4. The summed E-state index contributed by atoms with van der Waals surface area (Å²) in [6, 6.07) is 23.1. The standard InChI is InChI=1S/C25H29N3OS/c1-27-13-15-28(16-14-27)23(24-8-5-17-30-24)19-26-25(29)18-20-9-11-22(12-10-20)21-6-3-2-4-7-21/h2-12,17,23H,13-16,18-19H2,1H3,(H,26,29)/t23-/m1/s1. The fourth-order valence-electron chi connectivity index (χ4n) is 3.93. The molecule has 1 fully saturated rings. The number of carbonyl (C=O) groups excluding carboxylic acids is 1. The monoisotopic (exact) mass is 419 g/mol. The second kappa shape index (κ2) is 10.0. The van der Waals surface area contributed by atoms with E-state index in [0.29, 0.717) is 13.0 Å². The number of rotatable bonds is 7. The molecule has 3 aromatic rings. The molecule has 1 aliphatic heterocycles. The highest BCUT2D eigenvalue weighted by atomic mass is 32.1. The van der Waals surface area contributed by atoms with Gasteiger partial charge in [0.25, 0.3) is 0 Å². The minimum absolute atomic E-state index is 0.0816. The van der Waals surface area contributed by atoms with Gasteiger partial charge in [-0.15, -0.1) is 11.3 Å². The van der Waals surface area contributed by atoms with E-state index < -0.39 is 0 Å². The number of benzene rings is 2. The largest absolute Gasteiger partial charge is 0.354 e. The van der Waals surface area contributed by atoms with Crippen LogP contribution in [0.5, 0.6) is 0 Å². The van der Waals surface area contributed by atoms with E-state index in [2.05, 4.69) is 76.1 Å². The molecule has 0 aliphatic carbocycles. The van der Waals surface area contributed by atoms with Crippen molar-refractivity contribution in [1.29, 1.82) is 0 Å². The summed E-state index contributed by atoms with van der Waals surface area (Å²) in [5.74, 6) is 0.0816. The second-order valence-corrected chi connectivity index (χ2v) is 8.89. The lowest BCUT2D eigenvalue weighted by Crippen LogP contribution is -2.48. The Kier molecular flexibility index (Phi) is 6.95. The average Bonchev–Trinajstić information content (AvgIpc) is 3.31. The highest BCUT2D eigenvalue weighted by Gasteiger charge is 2.25. The third-order valence-electron chi connectivity index (χ3n) is 5.77. The van der Waals surface area contributed by atoms with Gasteiger partial charge in [0, 0.05) is 37.6 Å². The van der Waals surface area contributed by atoms with Gasteiger partial charge in [0.1, 0.15) is 0 Å². The summed E-state index contributed by atoms with van der Waals surface area (Å²) in [6.45, 7) is 4.88. The molecule has 1 atom stereocenters. The molecule has 4 rings (SSSR count). The molecule has 1 saturated heterocycles. The van der Waals surface area contributed by atoms with Crippen LogP contribution in [0.3, 0.4) is 0 Å². The van der Waals surface area contributed by atoms with Gasteiger partial charge in [-0.3, -0.25) is 9.69 Å². The number of piperazine rings is 1. The number of amides is 1. The molecule has 0 saturated carbocycles. The quantitative estimate of drug-likeness (QED) is 0.627. The van der Waals surface area contributed by atoms with Crippen LogP contribution in [0.25, 0.3) is 11.1 Å². The van der Waals surface area contributed by atoms with Gasteiger partial charge >= 0.3 is 0 Å². The summed E-state index contributed by atoms with van der Waals surface area (Å²) in [5, 5.41) is 5.31. The van der Waals surface area contributed by atoms with Gasteiger partial charge < -0.3 is 10.2 Å². The van der Waals surface area contributed by atoms with E-state index in [4.69, 9.17) is 0 Å². The van der Waals surface area contributed by atoms with E-state index in [1.807, 2.05) is 18.2 Å². The van der Waals surface area contributed by atoms with Crippen molar-refractivity contribution in [2.75, 3.05) is 39.8 Å². The summed E-state index contributed by atoms with van der Waals surface area (Å²) in [6.07, 6.45) is 0.412. The van der Waals surface area contributed by atoms with Crippen LogP contribution in [0.1, 0.15) is 16.5 Å². The fraction of sp³-hybridized carbons (Fsp3) is 0.320. The van der Waals surface area contributed by atoms with Crippen molar-refractivity contribution >= 4 is 17.2 Å². The van der Waals surface area contributed by atoms with Gasteiger partial charge in [0.2, 0.25) is 5.91 Å². The Hall–Kier alpha value is -2.47. The van der Waals surface area contributed by atoms with E-state index >= 15 is 0 Å². The Balaban J connectivity index is 1.34. The molecule has 0 bridgehead atoms. The van der Waals surface area contributed by atoms with Crippen LogP contribution < -0.4 is 5.32 Å². The van der Waals surface area contributed by atoms with E-state index in [-0.39, 0.29) is 11.9 Å². The first-order valence-electron chi connectivity index (χ1n) is 10.6. The smallest absolute Gasteiger partial charge is 0.224 e. The van der Waals surface area contributed by atoms with Crippen LogP contribution in [0.15, 0.2) is 72.1 Å². The topological polar surface area (TPSA) is 35.6 Å². The van der Waals surface area contributed by atoms with Gasteiger partial charge in [0.15, 0.2) is 0 Å². The van der Waals surface area contributed by atoms with Crippen LogP contribution in [0.4, 0.5) is 0 Å². The summed E-state index contributed by atoms with van der Waals surface area (Å²) >= 11 is 1.77. The lowest BCUT2D eigenvalue weighted by Gasteiger charge is -2.37. The van der Waals surface area contributed by atoms with Crippen LogP contribution in [-0.4, -0.2) is 55.5 Å². The molecule has 2 heterocycles. The van der Waals surface area contributed by atoms with Crippen LogP contribution >= 0.6 is 11.3 Å². The Bertz CT molecular complexity index is 917. The number of likely N-dealkylation sites (N-methyl/N-ethyl adjacent to an activating group) is 1. The van der Waals surface area contributed by atoms with Crippen molar-refractivity contribution < 1.29 is 4.79 Å². The zero-order valence-corrected chi connectivity index (χ0v) is 18.3. The third kappa shape index (κ3) is 5.36. The first kappa shape index (κ1) is 20.8. The van der Waals surface area contributed by atoms with Crippen LogP contribution in [0.2, 0.25) is 0 Å². The number of nitrogens with zero attached hydrogens (tertiary/aromatic N) is 2. The lowest BCUT2D eigenvalue weighted by molar-refractivity contribution is -0.120. The van der Waals surface area contributed by atoms with E-state index in [1.165, 1.54) is 16.0 Å². The molecule has 0 unspecified atom stereocenters. The zero-order valence-electron chi connectivity index (χ0n) is 17.5. The van der Waals surface area contributed by atoms with E-state index in [9.17, 15) is 4.79 Å². The average molecular weight is 420 g/mol. The summed E-state index contributed by atoms with van der Waals surface area (Å²) in [7, 11) is 2.17. The molecule has 1 aromatic heterocycles. The molecule has 1 N–H and O–H groups in total. The van der Waals surface area contributed by atoms with E-state index in [0.717, 1.165) is 31.7 Å². The molecular formula is C25H29N3OS. The maximum absolute atomic E-state index is 12.6. The van der Waals surface area contributed by atoms with Gasteiger partial charge in [-0.25, -0.2) is 0 Å².